The molecule has 0 fully saturated rings. The second-order valence-corrected chi connectivity index (χ2v) is 5.62. The molecule has 0 radical (unpaired) electrons. The SMILES string of the molecule is O=S(=O)(O)CCCN1C=CCc2ccccc21. The number of fused-ring (bicyclic) bond motifs is 1. The lowest BCUT2D eigenvalue weighted by Gasteiger charge is -2.26. The molecular formula is C12H15NO3S. The molecule has 5 heteroatoms. The minimum absolute atomic E-state index is 0.195. The number of hydrogen-bond acceptors (Lipinski definition) is 3. The van der Waals surface area contributed by atoms with E-state index in [2.05, 4.69) is 12.1 Å². The summed E-state index contributed by atoms with van der Waals surface area (Å²) < 4.78 is 30.0. The summed E-state index contributed by atoms with van der Waals surface area (Å²) in [6, 6.07) is 8.04. The van der Waals surface area contributed by atoms with Crippen LogP contribution in [0, 0.1) is 0 Å². The van der Waals surface area contributed by atoms with Gasteiger partial charge in [-0.15, -0.1) is 0 Å². The molecular weight excluding hydrogens is 238 g/mol. The number of hydrogen-bond donors (Lipinski definition) is 1. The van der Waals surface area contributed by atoms with Crippen molar-refractivity contribution >= 4 is 15.8 Å². The Balaban J connectivity index is 2.02. The smallest absolute Gasteiger partial charge is 0.264 e. The van der Waals surface area contributed by atoms with Crippen LogP contribution in [-0.4, -0.2) is 25.3 Å². The van der Waals surface area contributed by atoms with Crippen molar-refractivity contribution in [1.29, 1.82) is 0 Å². The highest BCUT2D eigenvalue weighted by Gasteiger charge is 2.12. The van der Waals surface area contributed by atoms with Crippen molar-refractivity contribution in [2.24, 2.45) is 0 Å². The van der Waals surface area contributed by atoms with Crippen molar-refractivity contribution < 1.29 is 13.0 Å². The van der Waals surface area contributed by atoms with Gasteiger partial charge in [0.1, 0.15) is 0 Å². The second kappa shape index (κ2) is 4.89. The molecule has 1 aromatic rings. The molecule has 0 amide bonds. The first-order valence-corrected chi connectivity index (χ1v) is 7.13. The molecule has 1 aliphatic heterocycles. The van der Waals surface area contributed by atoms with Crippen LogP contribution in [0.3, 0.4) is 0 Å². The Morgan fingerprint density at radius 2 is 2.06 bits per heavy atom. The molecule has 0 atom stereocenters. The van der Waals surface area contributed by atoms with Crippen molar-refractivity contribution in [3.63, 3.8) is 0 Å². The molecule has 0 aromatic heterocycles. The first kappa shape index (κ1) is 12.1. The van der Waals surface area contributed by atoms with E-state index in [0.29, 0.717) is 13.0 Å². The number of nitrogens with zero attached hydrogens (tertiary/aromatic N) is 1. The molecule has 1 aromatic carbocycles. The standard InChI is InChI=1S/C12H15NO3S/c14-17(15,16)10-4-9-13-8-3-6-11-5-1-2-7-12(11)13/h1-3,5,7-8H,4,6,9-10H2,(H,14,15,16). The maximum atomic E-state index is 10.6. The third-order valence-electron chi connectivity index (χ3n) is 2.73. The summed E-state index contributed by atoms with van der Waals surface area (Å²) in [5.41, 5.74) is 2.35. The predicted molar refractivity (Wildman–Crippen MR) is 67.7 cm³/mol. The number of anilines is 1. The zero-order valence-electron chi connectivity index (χ0n) is 9.41. The van der Waals surface area contributed by atoms with E-state index in [9.17, 15) is 8.42 Å². The first-order chi connectivity index (χ1) is 8.06. The lowest BCUT2D eigenvalue weighted by atomic mass is 10.1. The Kier molecular flexibility index (Phi) is 3.49. The molecule has 1 aliphatic rings. The Morgan fingerprint density at radius 1 is 1.29 bits per heavy atom. The van der Waals surface area contributed by atoms with Gasteiger partial charge in [0, 0.05) is 18.4 Å². The van der Waals surface area contributed by atoms with Crippen LogP contribution in [0.4, 0.5) is 5.69 Å². The third kappa shape index (κ3) is 3.31. The molecule has 1 N–H and O–H groups in total. The average molecular weight is 253 g/mol. The summed E-state index contributed by atoms with van der Waals surface area (Å²) in [5.74, 6) is -0.195. The number of benzene rings is 1. The summed E-state index contributed by atoms with van der Waals surface area (Å²) in [7, 11) is -3.85. The predicted octanol–water partition coefficient (Wildman–Crippen LogP) is 1.84. The molecule has 0 saturated heterocycles. The van der Waals surface area contributed by atoms with Gasteiger partial charge in [0.25, 0.3) is 10.1 Å². The zero-order chi connectivity index (χ0) is 12.3. The van der Waals surface area contributed by atoms with Gasteiger partial charge in [-0.3, -0.25) is 4.55 Å². The van der Waals surface area contributed by atoms with Gasteiger partial charge in [0.05, 0.1) is 5.75 Å². The van der Waals surface area contributed by atoms with Crippen LogP contribution in [0.25, 0.3) is 0 Å². The van der Waals surface area contributed by atoms with Gasteiger partial charge in [-0.05, 0) is 24.5 Å². The molecule has 17 heavy (non-hydrogen) atoms. The highest BCUT2D eigenvalue weighted by molar-refractivity contribution is 7.85. The van der Waals surface area contributed by atoms with Crippen LogP contribution >= 0.6 is 0 Å². The Bertz CT molecular complexity index is 522. The van der Waals surface area contributed by atoms with Crippen molar-refractivity contribution in [3.8, 4) is 0 Å². The first-order valence-electron chi connectivity index (χ1n) is 5.53. The number of allylic oxidation sites excluding steroid dienone is 1. The van der Waals surface area contributed by atoms with E-state index in [1.807, 2.05) is 29.3 Å². The largest absolute Gasteiger partial charge is 0.348 e. The van der Waals surface area contributed by atoms with E-state index in [1.165, 1.54) is 5.56 Å². The third-order valence-corrected chi connectivity index (χ3v) is 3.53. The van der Waals surface area contributed by atoms with Crippen molar-refractivity contribution in [2.75, 3.05) is 17.2 Å². The van der Waals surface area contributed by atoms with Crippen LogP contribution < -0.4 is 4.90 Å². The van der Waals surface area contributed by atoms with Gasteiger partial charge in [-0.2, -0.15) is 8.42 Å². The monoisotopic (exact) mass is 253 g/mol. The summed E-state index contributed by atoms with van der Waals surface area (Å²) in [6.45, 7) is 0.591. The van der Waals surface area contributed by atoms with Crippen LogP contribution in [0.15, 0.2) is 36.5 Å². The van der Waals surface area contributed by atoms with Gasteiger partial charge in [-0.25, -0.2) is 0 Å². The molecule has 0 aliphatic carbocycles. The normalized spacial score (nSPS) is 14.8. The van der Waals surface area contributed by atoms with E-state index in [4.69, 9.17) is 4.55 Å². The molecule has 0 saturated carbocycles. The fourth-order valence-corrected chi connectivity index (χ4v) is 2.46. The van der Waals surface area contributed by atoms with Gasteiger partial charge in [-0.1, -0.05) is 24.3 Å². The Labute approximate surface area is 101 Å². The highest BCUT2D eigenvalue weighted by Crippen LogP contribution is 2.25. The van der Waals surface area contributed by atoms with Crippen LogP contribution in [0.5, 0.6) is 0 Å². The molecule has 1 heterocycles. The van der Waals surface area contributed by atoms with Crippen LogP contribution in [-0.2, 0) is 16.5 Å². The molecule has 0 bridgehead atoms. The Hall–Kier alpha value is -1.33. The summed E-state index contributed by atoms with van der Waals surface area (Å²) in [4.78, 5) is 2.02. The fraction of sp³-hybridized carbons (Fsp3) is 0.333. The number of rotatable bonds is 4. The van der Waals surface area contributed by atoms with E-state index in [0.717, 1.165) is 12.1 Å². The summed E-state index contributed by atoms with van der Waals surface area (Å²) in [6.07, 6.45) is 5.34. The minimum Gasteiger partial charge on any atom is -0.348 e. The molecule has 0 unspecified atom stereocenters. The van der Waals surface area contributed by atoms with Crippen LogP contribution in [0.2, 0.25) is 0 Å². The second-order valence-electron chi connectivity index (χ2n) is 4.05. The summed E-state index contributed by atoms with van der Waals surface area (Å²) >= 11 is 0. The van der Waals surface area contributed by atoms with E-state index in [1.54, 1.807) is 0 Å². The van der Waals surface area contributed by atoms with Crippen molar-refractivity contribution in [2.45, 2.75) is 12.8 Å². The zero-order valence-corrected chi connectivity index (χ0v) is 10.2. The number of para-hydroxylation sites is 1. The highest BCUT2D eigenvalue weighted by atomic mass is 32.2. The summed E-state index contributed by atoms with van der Waals surface area (Å²) in [5, 5.41) is 0. The molecule has 2 rings (SSSR count). The lowest BCUT2D eigenvalue weighted by molar-refractivity contribution is 0.481. The maximum Gasteiger partial charge on any atom is 0.264 e. The van der Waals surface area contributed by atoms with Crippen molar-refractivity contribution in [3.05, 3.63) is 42.1 Å². The van der Waals surface area contributed by atoms with Crippen LogP contribution in [0.1, 0.15) is 12.0 Å². The lowest BCUT2D eigenvalue weighted by Crippen LogP contribution is -2.23. The molecule has 4 nitrogen and oxygen atoms in total. The van der Waals surface area contributed by atoms with Gasteiger partial charge < -0.3 is 4.90 Å². The average Bonchev–Trinajstić information content (AvgIpc) is 2.28. The van der Waals surface area contributed by atoms with Gasteiger partial charge >= 0.3 is 0 Å². The topological polar surface area (TPSA) is 57.6 Å². The van der Waals surface area contributed by atoms with E-state index < -0.39 is 10.1 Å². The molecule has 0 spiro atoms. The van der Waals surface area contributed by atoms with Gasteiger partial charge in [0.15, 0.2) is 0 Å². The quantitative estimate of drug-likeness (QED) is 0.832. The van der Waals surface area contributed by atoms with E-state index >= 15 is 0 Å². The molecule has 92 valence electrons. The van der Waals surface area contributed by atoms with Crippen molar-refractivity contribution in [1.82, 2.24) is 0 Å². The van der Waals surface area contributed by atoms with E-state index in [-0.39, 0.29) is 5.75 Å². The minimum atomic E-state index is -3.85. The fourth-order valence-electron chi connectivity index (χ4n) is 1.96. The maximum absolute atomic E-state index is 10.6. The Morgan fingerprint density at radius 3 is 2.82 bits per heavy atom. The van der Waals surface area contributed by atoms with Gasteiger partial charge in [0.2, 0.25) is 0 Å².